The summed E-state index contributed by atoms with van der Waals surface area (Å²) in [7, 11) is 0. The molecule has 0 unspecified atom stereocenters. The third-order valence-corrected chi connectivity index (χ3v) is 0. The standard InChI is InChI=1S/Cr.Cs.2O/q+3;+1;2*-2. The van der Waals surface area contributed by atoms with Crippen molar-refractivity contribution >= 4 is 0 Å². The summed E-state index contributed by atoms with van der Waals surface area (Å²) in [6.45, 7) is 0. The van der Waals surface area contributed by atoms with Gasteiger partial charge in [0.2, 0.25) is 0 Å². The van der Waals surface area contributed by atoms with E-state index in [9.17, 15) is 0 Å². The molecule has 0 amide bonds. The summed E-state index contributed by atoms with van der Waals surface area (Å²) < 4.78 is 0. The molecule has 0 atom stereocenters. The van der Waals surface area contributed by atoms with Gasteiger partial charge in [0.15, 0.2) is 0 Å². The van der Waals surface area contributed by atoms with Crippen LogP contribution < -0.4 is 68.9 Å². The SMILES string of the molecule is [Cr+3].[Cs+].[O-2].[O-2]. The van der Waals surface area contributed by atoms with Crippen LogP contribution in [-0.4, -0.2) is 0 Å². The average Bonchev–Trinajstić information content (AvgIpc) is 0. The molecule has 1 radical (unpaired) electrons. The Kier molecular flexibility index (Phi) is 140. The quantitative estimate of drug-likeness (QED) is 0.409. The summed E-state index contributed by atoms with van der Waals surface area (Å²) in [5.74, 6) is 0. The zero-order chi connectivity index (χ0) is 0. The Labute approximate surface area is 94.5 Å². The Bertz CT molecular complexity index is 6.00. The molecule has 0 N–H and O–H groups in total. The van der Waals surface area contributed by atoms with Gasteiger partial charge in [0.25, 0.3) is 0 Å². The molecule has 0 aromatic heterocycles. The molecule has 0 aromatic carbocycles. The fourth-order valence-electron chi connectivity index (χ4n) is 0. The van der Waals surface area contributed by atoms with Crippen molar-refractivity contribution < 1.29 is 97.2 Å². The molecule has 0 spiro atoms. The summed E-state index contributed by atoms with van der Waals surface area (Å²) in [6, 6.07) is 0. The van der Waals surface area contributed by atoms with Crippen LogP contribution in [0, 0.1) is 0 Å². The molecule has 0 heterocycles. The van der Waals surface area contributed by atoms with E-state index in [0.717, 1.165) is 0 Å². The smallest absolute Gasteiger partial charge is 2.00 e. The predicted molar refractivity (Wildman–Crippen MR) is 1.37 cm³/mol. The summed E-state index contributed by atoms with van der Waals surface area (Å²) >= 11 is 0. The van der Waals surface area contributed by atoms with Crippen LogP contribution in [0.15, 0.2) is 0 Å². The van der Waals surface area contributed by atoms with Gasteiger partial charge in [-0.05, 0) is 0 Å². The average molecular weight is 217 g/mol. The second-order valence-corrected chi connectivity index (χ2v) is 0. The zero-order valence-electron chi connectivity index (χ0n) is 2.22. The van der Waals surface area contributed by atoms with Crippen LogP contribution in [0.5, 0.6) is 0 Å². The van der Waals surface area contributed by atoms with Gasteiger partial charge >= 0.3 is 86.3 Å². The molecule has 0 saturated carbocycles. The number of hydrogen-bond acceptors (Lipinski definition) is 0. The molecular weight excluding hydrogens is 217 g/mol. The maximum Gasteiger partial charge on any atom is 3.00 e. The van der Waals surface area contributed by atoms with Crippen LogP contribution >= 0.6 is 0 Å². The fourth-order valence-corrected chi connectivity index (χ4v) is 0. The van der Waals surface area contributed by atoms with Crippen molar-refractivity contribution in [3.63, 3.8) is 0 Å². The van der Waals surface area contributed by atoms with E-state index in [-0.39, 0.29) is 97.2 Å². The van der Waals surface area contributed by atoms with E-state index < -0.39 is 0 Å². The van der Waals surface area contributed by atoms with Crippen LogP contribution in [0.3, 0.4) is 0 Å². The topological polar surface area (TPSA) is 57.0 Å². The molecule has 0 aliphatic rings. The minimum atomic E-state index is 0. The van der Waals surface area contributed by atoms with Gasteiger partial charge < -0.3 is 11.0 Å². The first-order valence-corrected chi connectivity index (χ1v) is 0. The number of rotatable bonds is 0. The normalized spacial score (nSPS) is 0. The van der Waals surface area contributed by atoms with Crippen molar-refractivity contribution in [3.8, 4) is 0 Å². The first kappa shape index (κ1) is 31.4. The van der Waals surface area contributed by atoms with E-state index in [1.807, 2.05) is 0 Å². The van der Waals surface area contributed by atoms with E-state index in [2.05, 4.69) is 0 Å². The van der Waals surface area contributed by atoms with E-state index in [1.165, 1.54) is 0 Å². The van der Waals surface area contributed by atoms with Crippen molar-refractivity contribution in [1.82, 2.24) is 0 Å². The molecule has 0 bridgehead atoms. The van der Waals surface area contributed by atoms with Crippen molar-refractivity contribution in [2.75, 3.05) is 0 Å². The summed E-state index contributed by atoms with van der Waals surface area (Å²) in [6.07, 6.45) is 0. The van der Waals surface area contributed by atoms with Crippen LogP contribution in [0.1, 0.15) is 0 Å². The maximum atomic E-state index is 0. The third kappa shape index (κ3) is 8.82. The molecule has 0 aromatic rings. The molecular formula is CrCsO2. The second-order valence-electron chi connectivity index (χ2n) is 0. The largest absolute Gasteiger partial charge is 3.00 e. The van der Waals surface area contributed by atoms with Crippen LogP contribution in [0.25, 0.3) is 0 Å². The van der Waals surface area contributed by atoms with Gasteiger partial charge in [-0.25, -0.2) is 0 Å². The summed E-state index contributed by atoms with van der Waals surface area (Å²) in [5, 5.41) is 0. The van der Waals surface area contributed by atoms with Gasteiger partial charge in [-0.15, -0.1) is 0 Å². The molecule has 4 heteroatoms. The fraction of sp³-hybridized carbons (Fsp3) is 0. The first-order chi connectivity index (χ1) is 0. The predicted octanol–water partition coefficient (Wildman–Crippen LogP) is -3.24. The van der Waals surface area contributed by atoms with Gasteiger partial charge in [0.1, 0.15) is 0 Å². The van der Waals surface area contributed by atoms with E-state index in [1.54, 1.807) is 0 Å². The molecule has 0 rings (SSSR count). The maximum absolute atomic E-state index is 0. The molecule has 0 aliphatic heterocycles. The van der Waals surface area contributed by atoms with Gasteiger partial charge in [-0.2, -0.15) is 0 Å². The minimum Gasteiger partial charge on any atom is -2.00 e. The van der Waals surface area contributed by atoms with E-state index >= 15 is 0 Å². The Morgan fingerprint density at radius 2 is 0.750 bits per heavy atom. The summed E-state index contributed by atoms with van der Waals surface area (Å²) in [5.41, 5.74) is 0. The van der Waals surface area contributed by atoms with Crippen LogP contribution in [0.4, 0.5) is 0 Å². The van der Waals surface area contributed by atoms with Crippen molar-refractivity contribution in [2.24, 2.45) is 0 Å². The van der Waals surface area contributed by atoms with Crippen molar-refractivity contribution in [3.05, 3.63) is 0 Å². The van der Waals surface area contributed by atoms with E-state index in [4.69, 9.17) is 0 Å². The Morgan fingerprint density at radius 3 is 0.750 bits per heavy atom. The Balaban J connectivity index is 0. The van der Waals surface area contributed by atoms with Gasteiger partial charge in [-0.3, -0.25) is 0 Å². The van der Waals surface area contributed by atoms with Gasteiger partial charge in [0, 0.05) is 0 Å². The molecule has 0 aliphatic carbocycles. The first-order valence-electron chi connectivity index (χ1n) is 0. The van der Waals surface area contributed by atoms with Crippen LogP contribution in [-0.2, 0) is 28.3 Å². The Hall–Kier alpha value is 2.50. The molecule has 0 saturated heterocycles. The molecule has 4 heavy (non-hydrogen) atoms. The van der Waals surface area contributed by atoms with E-state index in [0.29, 0.717) is 0 Å². The minimum absolute atomic E-state index is 0. The monoisotopic (exact) mass is 217 g/mol. The Morgan fingerprint density at radius 1 is 0.750 bits per heavy atom. The van der Waals surface area contributed by atoms with Crippen molar-refractivity contribution in [2.45, 2.75) is 0 Å². The van der Waals surface area contributed by atoms with Crippen molar-refractivity contribution in [1.29, 1.82) is 0 Å². The zero-order valence-corrected chi connectivity index (χ0v) is 9.78. The third-order valence-electron chi connectivity index (χ3n) is 0. The number of hydrogen-bond donors (Lipinski definition) is 0. The molecule has 0 fully saturated rings. The molecule has 19 valence electrons. The van der Waals surface area contributed by atoms with Gasteiger partial charge in [-0.1, -0.05) is 0 Å². The van der Waals surface area contributed by atoms with Crippen LogP contribution in [0.2, 0.25) is 0 Å². The second kappa shape index (κ2) is 17.8. The molecule has 2 nitrogen and oxygen atoms in total. The van der Waals surface area contributed by atoms with Gasteiger partial charge in [0.05, 0.1) is 0 Å². The summed E-state index contributed by atoms with van der Waals surface area (Å²) in [4.78, 5) is 0.